The van der Waals surface area contributed by atoms with E-state index in [2.05, 4.69) is 23.2 Å². The molecule has 3 nitrogen and oxygen atoms in total. The van der Waals surface area contributed by atoms with Crippen LogP contribution in [-0.4, -0.2) is 30.6 Å². The summed E-state index contributed by atoms with van der Waals surface area (Å²) in [6.07, 6.45) is 9.90. The fourth-order valence-electron chi connectivity index (χ4n) is 3.78. The molecule has 0 aromatic carbocycles. The van der Waals surface area contributed by atoms with Crippen molar-refractivity contribution in [2.45, 2.75) is 58.0 Å². The lowest BCUT2D eigenvalue weighted by atomic mass is 9.76. The highest BCUT2D eigenvalue weighted by Gasteiger charge is 2.38. The van der Waals surface area contributed by atoms with Crippen LogP contribution in [0.25, 0.3) is 0 Å². The third kappa shape index (κ3) is 3.44. The van der Waals surface area contributed by atoms with Crippen LogP contribution in [0.2, 0.25) is 0 Å². The van der Waals surface area contributed by atoms with Gasteiger partial charge in [0.25, 0.3) is 0 Å². The van der Waals surface area contributed by atoms with Gasteiger partial charge in [0, 0.05) is 19.1 Å². The monoisotopic (exact) mass is 276 g/mol. The third-order valence-electron chi connectivity index (χ3n) is 4.88. The standard InChI is InChI=1S/C17H28N2O/c1-2-8-17(9-4-10-18-13-17)14-19(15-6-7-15)12-16-5-3-11-20-16/h3,5,11,15,18H,2,4,6-10,12-14H2,1H3. The van der Waals surface area contributed by atoms with E-state index in [-0.39, 0.29) is 0 Å². The Labute approximate surface area is 122 Å². The highest BCUT2D eigenvalue weighted by atomic mass is 16.3. The van der Waals surface area contributed by atoms with E-state index in [4.69, 9.17) is 4.42 Å². The van der Waals surface area contributed by atoms with E-state index in [0.717, 1.165) is 18.3 Å². The predicted octanol–water partition coefficient (Wildman–Crippen LogP) is 3.41. The van der Waals surface area contributed by atoms with Gasteiger partial charge < -0.3 is 9.73 Å². The lowest BCUT2D eigenvalue weighted by molar-refractivity contribution is 0.0913. The summed E-state index contributed by atoms with van der Waals surface area (Å²) < 4.78 is 5.57. The molecule has 0 bridgehead atoms. The second-order valence-corrected chi connectivity index (χ2v) is 6.75. The Bertz CT molecular complexity index is 386. The number of hydrogen-bond acceptors (Lipinski definition) is 3. The summed E-state index contributed by atoms with van der Waals surface area (Å²) in [6.45, 7) is 6.95. The van der Waals surface area contributed by atoms with Crippen molar-refractivity contribution in [3.05, 3.63) is 24.2 Å². The molecular weight excluding hydrogens is 248 g/mol. The molecule has 20 heavy (non-hydrogen) atoms. The number of piperidine rings is 1. The molecule has 1 aromatic heterocycles. The second kappa shape index (κ2) is 6.31. The maximum absolute atomic E-state index is 5.57. The van der Waals surface area contributed by atoms with Crippen LogP contribution in [0.5, 0.6) is 0 Å². The molecule has 0 spiro atoms. The van der Waals surface area contributed by atoms with Crippen molar-refractivity contribution in [3.63, 3.8) is 0 Å². The Balaban J connectivity index is 1.67. The first kappa shape index (κ1) is 14.2. The van der Waals surface area contributed by atoms with Gasteiger partial charge in [0.1, 0.15) is 5.76 Å². The van der Waals surface area contributed by atoms with Crippen LogP contribution >= 0.6 is 0 Å². The molecule has 1 N–H and O–H groups in total. The fourth-order valence-corrected chi connectivity index (χ4v) is 3.78. The van der Waals surface area contributed by atoms with Gasteiger partial charge in [0.05, 0.1) is 12.8 Å². The van der Waals surface area contributed by atoms with Gasteiger partial charge in [-0.25, -0.2) is 0 Å². The Morgan fingerprint density at radius 1 is 1.45 bits per heavy atom. The summed E-state index contributed by atoms with van der Waals surface area (Å²) in [7, 11) is 0. The predicted molar refractivity (Wildman–Crippen MR) is 81.6 cm³/mol. The first-order valence-corrected chi connectivity index (χ1v) is 8.28. The van der Waals surface area contributed by atoms with Gasteiger partial charge in [-0.05, 0) is 56.2 Å². The number of nitrogens with one attached hydrogen (secondary N) is 1. The minimum atomic E-state index is 0.488. The Morgan fingerprint density at radius 2 is 2.35 bits per heavy atom. The van der Waals surface area contributed by atoms with E-state index < -0.39 is 0 Å². The van der Waals surface area contributed by atoms with Gasteiger partial charge in [-0.1, -0.05) is 13.3 Å². The van der Waals surface area contributed by atoms with E-state index in [1.807, 2.05) is 6.07 Å². The first-order chi connectivity index (χ1) is 9.81. The van der Waals surface area contributed by atoms with Gasteiger partial charge in [-0.3, -0.25) is 4.90 Å². The number of hydrogen-bond donors (Lipinski definition) is 1. The molecule has 1 atom stereocenters. The maximum Gasteiger partial charge on any atom is 0.117 e. The fraction of sp³-hybridized carbons (Fsp3) is 0.765. The summed E-state index contributed by atoms with van der Waals surface area (Å²) in [5.41, 5.74) is 0.488. The van der Waals surface area contributed by atoms with Crippen LogP contribution < -0.4 is 5.32 Å². The highest BCUT2D eigenvalue weighted by molar-refractivity contribution is 5.01. The second-order valence-electron chi connectivity index (χ2n) is 6.75. The average molecular weight is 276 g/mol. The van der Waals surface area contributed by atoms with Crippen molar-refractivity contribution < 1.29 is 4.42 Å². The molecule has 1 saturated carbocycles. The lowest BCUT2D eigenvalue weighted by Gasteiger charge is -2.41. The number of rotatable bonds is 7. The van der Waals surface area contributed by atoms with Crippen molar-refractivity contribution in [2.75, 3.05) is 19.6 Å². The summed E-state index contributed by atoms with van der Waals surface area (Å²) >= 11 is 0. The summed E-state index contributed by atoms with van der Waals surface area (Å²) in [4.78, 5) is 2.68. The summed E-state index contributed by atoms with van der Waals surface area (Å²) in [5, 5.41) is 3.63. The summed E-state index contributed by atoms with van der Waals surface area (Å²) in [5.74, 6) is 1.12. The molecule has 1 unspecified atom stereocenters. The molecule has 2 aliphatic rings. The molecule has 0 amide bonds. The van der Waals surface area contributed by atoms with Crippen molar-refractivity contribution >= 4 is 0 Å². The van der Waals surface area contributed by atoms with Gasteiger partial charge in [-0.15, -0.1) is 0 Å². The van der Waals surface area contributed by atoms with Gasteiger partial charge >= 0.3 is 0 Å². The van der Waals surface area contributed by atoms with E-state index in [0.29, 0.717) is 5.41 Å². The molecule has 0 radical (unpaired) electrons. The molecule has 1 saturated heterocycles. The maximum atomic E-state index is 5.57. The van der Waals surface area contributed by atoms with Crippen LogP contribution in [-0.2, 0) is 6.54 Å². The van der Waals surface area contributed by atoms with Crippen LogP contribution in [0, 0.1) is 5.41 Å². The molecular formula is C17H28N2O. The van der Waals surface area contributed by atoms with Crippen molar-refractivity contribution in [1.29, 1.82) is 0 Å². The molecule has 2 heterocycles. The third-order valence-corrected chi connectivity index (χ3v) is 4.88. The van der Waals surface area contributed by atoms with Crippen LogP contribution in [0.4, 0.5) is 0 Å². The zero-order valence-corrected chi connectivity index (χ0v) is 12.7. The molecule has 2 fully saturated rings. The minimum absolute atomic E-state index is 0.488. The summed E-state index contributed by atoms with van der Waals surface area (Å²) in [6, 6.07) is 4.92. The molecule has 1 aliphatic carbocycles. The zero-order chi connectivity index (χ0) is 13.8. The Morgan fingerprint density at radius 3 is 2.95 bits per heavy atom. The first-order valence-electron chi connectivity index (χ1n) is 8.28. The van der Waals surface area contributed by atoms with Crippen LogP contribution in [0.15, 0.2) is 22.8 Å². The molecule has 3 rings (SSSR count). The SMILES string of the molecule is CCCC1(CN(Cc2ccco2)C2CC2)CCCNC1. The van der Waals surface area contributed by atoms with Gasteiger partial charge in [0.2, 0.25) is 0 Å². The average Bonchev–Trinajstić information content (AvgIpc) is 3.18. The van der Waals surface area contributed by atoms with Crippen LogP contribution in [0.3, 0.4) is 0 Å². The number of furan rings is 1. The van der Waals surface area contributed by atoms with Gasteiger partial charge in [0.15, 0.2) is 0 Å². The highest BCUT2D eigenvalue weighted by Crippen LogP contribution is 2.37. The van der Waals surface area contributed by atoms with Crippen LogP contribution in [0.1, 0.15) is 51.2 Å². The quantitative estimate of drug-likeness (QED) is 0.827. The van der Waals surface area contributed by atoms with Gasteiger partial charge in [-0.2, -0.15) is 0 Å². The van der Waals surface area contributed by atoms with E-state index in [1.54, 1.807) is 6.26 Å². The topological polar surface area (TPSA) is 28.4 Å². The lowest BCUT2D eigenvalue weighted by Crippen LogP contribution is -2.48. The molecule has 1 aromatic rings. The molecule has 112 valence electrons. The number of nitrogens with zero attached hydrogens (tertiary/aromatic N) is 1. The van der Waals surface area contributed by atoms with E-state index in [1.165, 1.54) is 58.2 Å². The Hall–Kier alpha value is -0.800. The van der Waals surface area contributed by atoms with Crippen molar-refractivity contribution in [3.8, 4) is 0 Å². The largest absolute Gasteiger partial charge is 0.468 e. The van der Waals surface area contributed by atoms with E-state index in [9.17, 15) is 0 Å². The van der Waals surface area contributed by atoms with Crippen molar-refractivity contribution in [1.82, 2.24) is 10.2 Å². The van der Waals surface area contributed by atoms with E-state index >= 15 is 0 Å². The smallest absolute Gasteiger partial charge is 0.117 e. The minimum Gasteiger partial charge on any atom is -0.468 e. The molecule has 3 heteroatoms. The molecule has 1 aliphatic heterocycles. The van der Waals surface area contributed by atoms with Crippen molar-refractivity contribution in [2.24, 2.45) is 5.41 Å². The zero-order valence-electron chi connectivity index (χ0n) is 12.7. The Kier molecular flexibility index (Phi) is 4.47. The normalized spacial score (nSPS) is 27.1.